The van der Waals surface area contributed by atoms with Crippen LogP contribution in [-0.2, 0) is 9.53 Å². The SMILES string of the molecule is Cc1ccc(C(C)CCC2OC(=O)C2(C)C)cc1. The number of hydrogen-bond donors (Lipinski definition) is 0. The van der Waals surface area contributed by atoms with E-state index in [9.17, 15) is 4.79 Å². The molecule has 0 N–H and O–H groups in total. The molecule has 0 radical (unpaired) electrons. The second kappa shape index (κ2) is 4.75. The Hall–Kier alpha value is -1.31. The molecule has 18 heavy (non-hydrogen) atoms. The normalized spacial score (nSPS) is 23.1. The molecule has 2 unspecified atom stereocenters. The van der Waals surface area contributed by atoms with Crippen molar-refractivity contribution in [2.45, 2.75) is 52.6 Å². The molecule has 0 amide bonds. The summed E-state index contributed by atoms with van der Waals surface area (Å²) in [5.74, 6) is 0.455. The first-order valence-electron chi connectivity index (χ1n) is 6.69. The zero-order valence-electron chi connectivity index (χ0n) is 11.7. The van der Waals surface area contributed by atoms with Crippen molar-refractivity contribution < 1.29 is 9.53 Å². The number of aryl methyl sites for hydroxylation is 1. The number of benzene rings is 1. The molecule has 1 aliphatic rings. The third kappa shape index (κ3) is 2.43. The Bertz CT molecular complexity index is 431. The van der Waals surface area contributed by atoms with Gasteiger partial charge in [-0.15, -0.1) is 0 Å². The second-order valence-corrected chi connectivity index (χ2v) is 6.00. The summed E-state index contributed by atoms with van der Waals surface area (Å²) < 4.78 is 5.22. The van der Waals surface area contributed by atoms with Crippen LogP contribution in [0.15, 0.2) is 24.3 Å². The molecular formula is C16H22O2. The van der Waals surface area contributed by atoms with Crippen LogP contribution in [-0.4, -0.2) is 12.1 Å². The van der Waals surface area contributed by atoms with Gasteiger partial charge in [-0.2, -0.15) is 0 Å². The molecule has 0 bridgehead atoms. The molecule has 0 spiro atoms. The first-order valence-corrected chi connectivity index (χ1v) is 6.69. The van der Waals surface area contributed by atoms with Gasteiger partial charge >= 0.3 is 5.97 Å². The molecule has 2 nitrogen and oxygen atoms in total. The largest absolute Gasteiger partial charge is 0.461 e. The van der Waals surface area contributed by atoms with Crippen LogP contribution in [0.1, 0.15) is 50.7 Å². The Labute approximate surface area is 109 Å². The molecule has 2 heteroatoms. The zero-order chi connectivity index (χ0) is 13.3. The van der Waals surface area contributed by atoms with E-state index in [2.05, 4.69) is 38.1 Å². The van der Waals surface area contributed by atoms with Gasteiger partial charge in [-0.3, -0.25) is 4.79 Å². The van der Waals surface area contributed by atoms with Crippen molar-refractivity contribution in [2.75, 3.05) is 0 Å². The van der Waals surface area contributed by atoms with Crippen molar-refractivity contribution in [1.82, 2.24) is 0 Å². The minimum absolute atomic E-state index is 0.0597. The van der Waals surface area contributed by atoms with E-state index < -0.39 is 0 Å². The topological polar surface area (TPSA) is 26.3 Å². The van der Waals surface area contributed by atoms with E-state index in [1.165, 1.54) is 11.1 Å². The number of rotatable bonds is 4. The Kier molecular flexibility index (Phi) is 3.47. The van der Waals surface area contributed by atoms with Gasteiger partial charge in [-0.05, 0) is 45.1 Å². The van der Waals surface area contributed by atoms with Gasteiger partial charge in [0.25, 0.3) is 0 Å². The zero-order valence-corrected chi connectivity index (χ0v) is 11.7. The first kappa shape index (κ1) is 13.1. The minimum Gasteiger partial charge on any atom is -0.461 e. The number of carbonyl (C=O) groups is 1. The summed E-state index contributed by atoms with van der Waals surface area (Å²) in [5.41, 5.74) is 2.37. The smallest absolute Gasteiger partial charge is 0.315 e. The van der Waals surface area contributed by atoms with E-state index >= 15 is 0 Å². The van der Waals surface area contributed by atoms with Gasteiger partial charge in [0.05, 0.1) is 5.41 Å². The maximum absolute atomic E-state index is 11.3. The third-order valence-electron chi connectivity index (χ3n) is 4.09. The second-order valence-electron chi connectivity index (χ2n) is 6.00. The number of ether oxygens (including phenoxy) is 1. The van der Waals surface area contributed by atoms with Crippen LogP contribution in [0.5, 0.6) is 0 Å². The van der Waals surface area contributed by atoms with Crippen LogP contribution < -0.4 is 0 Å². The summed E-state index contributed by atoms with van der Waals surface area (Å²) in [6, 6.07) is 8.69. The summed E-state index contributed by atoms with van der Waals surface area (Å²) in [6.07, 6.45) is 2.11. The van der Waals surface area contributed by atoms with Crippen LogP contribution in [0, 0.1) is 12.3 Å². The maximum atomic E-state index is 11.3. The molecule has 0 aromatic heterocycles. The van der Waals surface area contributed by atoms with Gasteiger partial charge in [0.1, 0.15) is 6.10 Å². The highest BCUT2D eigenvalue weighted by Gasteiger charge is 2.49. The van der Waals surface area contributed by atoms with Crippen LogP contribution in [0.4, 0.5) is 0 Å². The van der Waals surface area contributed by atoms with Crippen LogP contribution in [0.25, 0.3) is 0 Å². The molecular weight excluding hydrogens is 224 g/mol. The van der Waals surface area contributed by atoms with Gasteiger partial charge < -0.3 is 4.74 Å². The average Bonchev–Trinajstić information content (AvgIpc) is 2.34. The summed E-state index contributed by atoms with van der Waals surface area (Å²) in [4.78, 5) is 11.3. The number of cyclic esters (lactones) is 1. The molecule has 1 heterocycles. The maximum Gasteiger partial charge on any atom is 0.315 e. The van der Waals surface area contributed by atoms with Crippen LogP contribution >= 0.6 is 0 Å². The molecule has 2 rings (SSSR count). The summed E-state index contributed by atoms with van der Waals surface area (Å²) in [7, 11) is 0. The van der Waals surface area contributed by atoms with Gasteiger partial charge in [0, 0.05) is 0 Å². The Morgan fingerprint density at radius 2 is 1.89 bits per heavy atom. The monoisotopic (exact) mass is 246 g/mol. The lowest BCUT2D eigenvalue weighted by molar-refractivity contribution is -0.202. The summed E-state index contributed by atoms with van der Waals surface area (Å²) in [6.45, 7) is 8.28. The van der Waals surface area contributed by atoms with E-state index in [0.717, 1.165) is 12.8 Å². The van der Waals surface area contributed by atoms with Crippen molar-refractivity contribution >= 4 is 5.97 Å². The van der Waals surface area contributed by atoms with Crippen molar-refractivity contribution in [1.29, 1.82) is 0 Å². The minimum atomic E-state index is -0.285. The summed E-state index contributed by atoms with van der Waals surface area (Å²) in [5, 5.41) is 0. The average molecular weight is 246 g/mol. The van der Waals surface area contributed by atoms with Crippen molar-refractivity contribution in [2.24, 2.45) is 5.41 Å². The highest BCUT2D eigenvalue weighted by atomic mass is 16.6. The van der Waals surface area contributed by atoms with Crippen LogP contribution in [0.2, 0.25) is 0 Å². The lowest BCUT2D eigenvalue weighted by Gasteiger charge is -2.42. The molecule has 1 saturated heterocycles. The number of esters is 1. The number of hydrogen-bond acceptors (Lipinski definition) is 2. The van der Waals surface area contributed by atoms with E-state index in [1.54, 1.807) is 0 Å². The molecule has 0 aliphatic carbocycles. The van der Waals surface area contributed by atoms with E-state index in [4.69, 9.17) is 4.74 Å². The first-order chi connectivity index (χ1) is 8.41. The fourth-order valence-corrected chi connectivity index (χ4v) is 2.38. The van der Waals surface area contributed by atoms with Gasteiger partial charge in [0.15, 0.2) is 0 Å². The fourth-order valence-electron chi connectivity index (χ4n) is 2.38. The predicted octanol–water partition coefficient (Wildman–Crippen LogP) is 3.83. The van der Waals surface area contributed by atoms with Gasteiger partial charge in [0.2, 0.25) is 0 Å². The fraction of sp³-hybridized carbons (Fsp3) is 0.562. The molecule has 1 aromatic rings. The molecule has 2 atom stereocenters. The van der Waals surface area contributed by atoms with Crippen molar-refractivity contribution in [3.8, 4) is 0 Å². The van der Waals surface area contributed by atoms with Crippen molar-refractivity contribution in [3.63, 3.8) is 0 Å². The van der Waals surface area contributed by atoms with E-state index in [1.807, 2.05) is 13.8 Å². The van der Waals surface area contributed by atoms with Crippen molar-refractivity contribution in [3.05, 3.63) is 35.4 Å². The molecule has 1 aromatic carbocycles. The Morgan fingerprint density at radius 1 is 1.28 bits per heavy atom. The van der Waals surface area contributed by atoms with E-state index in [-0.39, 0.29) is 17.5 Å². The quantitative estimate of drug-likeness (QED) is 0.755. The molecule has 98 valence electrons. The highest BCUT2D eigenvalue weighted by molar-refractivity contribution is 5.82. The highest BCUT2D eigenvalue weighted by Crippen LogP contribution is 2.39. The number of carbonyl (C=O) groups excluding carboxylic acids is 1. The lowest BCUT2D eigenvalue weighted by Crippen LogP contribution is -2.52. The van der Waals surface area contributed by atoms with Crippen LogP contribution in [0.3, 0.4) is 0 Å². The Balaban J connectivity index is 1.87. The third-order valence-corrected chi connectivity index (χ3v) is 4.09. The van der Waals surface area contributed by atoms with Gasteiger partial charge in [-0.25, -0.2) is 0 Å². The Morgan fingerprint density at radius 3 is 2.39 bits per heavy atom. The molecule has 1 aliphatic heterocycles. The lowest BCUT2D eigenvalue weighted by atomic mass is 9.78. The molecule has 1 fully saturated rings. The van der Waals surface area contributed by atoms with Gasteiger partial charge in [-0.1, -0.05) is 36.8 Å². The summed E-state index contributed by atoms with van der Waals surface area (Å²) >= 11 is 0. The molecule has 0 saturated carbocycles. The van der Waals surface area contributed by atoms with E-state index in [0.29, 0.717) is 5.92 Å². The predicted molar refractivity (Wildman–Crippen MR) is 72.5 cm³/mol. The standard InChI is InChI=1S/C16H22O2/c1-11-5-8-13(9-6-11)12(2)7-10-14-16(3,4)15(17)18-14/h5-6,8-9,12,14H,7,10H2,1-4H3.